The average Bonchev–Trinajstić information content (AvgIpc) is 2.60. The van der Waals surface area contributed by atoms with E-state index >= 15 is 0 Å². The van der Waals surface area contributed by atoms with Crippen molar-refractivity contribution in [2.75, 3.05) is 6.61 Å². The summed E-state index contributed by atoms with van der Waals surface area (Å²) in [5.41, 5.74) is 2.30. The Morgan fingerprint density at radius 3 is 2.65 bits per heavy atom. The molecule has 6 nitrogen and oxygen atoms in total. The minimum absolute atomic E-state index is 0.117. The monoisotopic (exact) mass is 312 g/mol. The first kappa shape index (κ1) is 15.2. The number of aliphatic hydroxyl groups excluding tert-OH is 1. The minimum Gasteiger partial charge on any atom is -0.394 e. The largest absolute Gasteiger partial charge is 0.394 e. The van der Waals surface area contributed by atoms with Gasteiger partial charge in [0, 0.05) is 24.2 Å². The zero-order valence-electron chi connectivity index (χ0n) is 12.4. The molecule has 118 valence electrons. The molecule has 1 atom stereocenters. The Labute approximate surface area is 133 Å². The van der Waals surface area contributed by atoms with Crippen LogP contribution < -0.4 is 0 Å². The molecule has 0 radical (unpaired) electrons. The van der Waals surface area contributed by atoms with Crippen LogP contribution in [0.5, 0.6) is 0 Å². The zero-order valence-corrected chi connectivity index (χ0v) is 12.4. The molecule has 0 aromatic heterocycles. The Morgan fingerprint density at radius 1 is 1.22 bits per heavy atom. The molecule has 23 heavy (non-hydrogen) atoms. The summed E-state index contributed by atoms with van der Waals surface area (Å²) in [5, 5.41) is 20.5. The number of hydrogen-bond donors (Lipinski definition) is 1. The molecule has 2 aromatic rings. The highest BCUT2D eigenvalue weighted by atomic mass is 16.6. The third-order valence-electron chi connectivity index (χ3n) is 4.13. The summed E-state index contributed by atoms with van der Waals surface area (Å²) in [4.78, 5) is 24.7. The number of fused-ring (bicyclic) bond motifs is 1. The first-order valence-electron chi connectivity index (χ1n) is 7.33. The van der Waals surface area contributed by atoms with Crippen molar-refractivity contribution >= 4 is 11.6 Å². The van der Waals surface area contributed by atoms with Gasteiger partial charge in [-0.1, -0.05) is 30.3 Å². The predicted molar refractivity (Wildman–Crippen MR) is 84.0 cm³/mol. The summed E-state index contributed by atoms with van der Waals surface area (Å²) in [6.45, 7) is 0.248. The van der Waals surface area contributed by atoms with Crippen LogP contribution in [0.2, 0.25) is 0 Å². The summed E-state index contributed by atoms with van der Waals surface area (Å²) in [5.74, 6) is -0.303. The van der Waals surface area contributed by atoms with Gasteiger partial charge >= 0.3 is 0 Å². The maximum atomic E-state index is 12.7. The lowest BCUT2D eigenvalue weighted by atomic mass is 9.93. The van der Waals surface area contributed by atoms with Crippen molar-refractivity contribution in [3.05, 3.63) is 75.3 Å². The fourth-order valence-electron chi connectivity index (χ4n) is 2.91. The number of benzene rings is 2. The second kappa shape index (κ2) is 6.18. The molecule has 0 aliphatic carbocycles. The quantitative estimate of drug-likeness (QED) is 0.695. The topological polar surface area (TPSA) is 83.7 Å². The normalized spacial score (nSPS) is 16.7. The molecule has 2 aromatic carbocycles. The van der Waals surface area contributed by atoms with Gasteiger partial charge in [0.1, 0.15) is 0 Å². The van der Waals surface area contributed by atoms with E-state index in [1.807, 2.05) is 24.3 Å². The molecule has 1 heterocycles. The van der Waals surface area contributed by atoms with Gasteiger partial charge in [0.25, 0.3) is 11.6 Å². The molecular formula is C17H16N2O4. The highest BCUT2D eigenvalue weighted by Crippen LogP contribution is 2.25. The molecule has 1 aliphatic heterocycles. The zero-order chi connectivity index (χ0) is 16.4. The number of nitro groups is 1. The molecule has 0 fully saturated rings. The highest BCUT2D eigenvalue weighted by Gasteiger charge is 2.30. The van der Waals surface area contributed by atoms with E-state index in [0.29, 0.717) is 13.0 Å². The van der Waals surface area contributed by atoms with Gasteiger partial charge in [-0.05, 0) is 23.6 Å². The number of aliphatic hydroxyl groups is 1. The number of nitro benzene ring substituents is 1. The van der Waals surface area contributed by atoms with Gasteiger partial charge in [0.15, 0.2) is 0 Å². The van der Waals surface area contributed by atoms with Crippen LogP contribution in [-0.4, -0.2) is 33.5 Å². The van der Waals surface area contributed by atoms with E-state index in [9.17, 15) is 20.0 Å². The molecule has 3 rings (SSSR count). The second-order valence-corrected chi connectivity index (χ2v) is 5.55. The smallest absolute Gasteiger partial charge is 0.270 e. The van der Waals surface area contributed by atoms with Crippen LogP contribution in [0.25, 0.3) is 0 Å². The number of non-ortho nitro benzene ring substituents is 1. The first-order chi connectivity index (χ1) is 11.1. The summed E-state index contributed by atoms with van der Waals surface area (Å²) < 4.78 is 0. The van der Waals surface area contributed by atoms with E-state index in [1.54, 1.807) is 11.0 Å². The van der Waals surface area contributed by atoms with Crippen molar-refractivity contribution in [3.8, 4) is 0 Å². The maximum Gasteiger partial charge on any atom is 0.270 e. The van der Waals surface area contributed by atoms with Crippen molar-refractivity contribution in [1.29, 1.82) is 0 Å². The van der Waals surface area contributed by atoms with Crippen molar-refractivity contribution in [3.63, 3.8) is 0 Å². The number of carbonyl (C=O) groups excluding carboxylic acids is 1. The molecule has 1 aliphatic rings. The third kappa shape index (κ3) is 2.93. The minimum atomic E-state index is -0.522. The van der Waals surface area contributed by atoms with Gasteiger partial charge < -0.3 is 10.0 Å². The molecule has 0 bridgehead atoms. The molecule has 0 saturated heterocycles. The molecule has 1 amide bonds. The van der Waals surface area contributed by atoms with E-state index in [0.717, 1.165) is 11.1 Å². The number of nitrogens with zero attached hydrogens (tertiary/aromatic N) is 2. The average molecular weight is 312 g/mol. The van der Waals surface area contributed by atoms with Crippen LogP contribution in [0, 0.1) is 10.1 Å². The Bertz CT molecular complexity index is 760. The Balaban J connectivity index is 1.92. The van der Waals surface area contributed by atoms with Gasteiger partial charge in [-0.15, -0.1) is 0 Å². The van der Waals surface area contributed by atoms with E-state index in [4.69, 9.17) is 0 Å². The fourth-order valence-corrected chi connectivity index (χ4v) is 2.91. The number of rotatable bonds is 3. The van der Waals surface area contributed by atoms with Crippen molar-refractivity contribution in [2.45, 2.75) is 19.0 Å². The predicted octanol–water partition coefficient (Wildman–Crippen LogP) is 2.15. The molecule has 0 spiro atoms. The van der Waals surface area contributed by atoms with Crippen molar-refractivity contribution in [1.82, 2.24) is 4.90 Å². The summed E-state index contributed by atoms with van der Waals surface area (Å²) in [7, 11) is 0. The Kier molecular flexibility index (Phi) is 4.08. The fraction of sp³-hybridized carbons (Fsp3) is 0.235. The lowest BCUT2D eigenvalue weighted by Gasteiger charge is -2.36. The van der Waals surface area contributed by atoms with E-state index in [2.05, 4.69) is 0 Å². The van der Waals surface area contributed by atoms with Crippen molar-refractivity contribution in [2.24, 2.45) is 0 Å². The SMILES string of the molecule is O=C(c1cccc([N+](=O)[O-])c1)N1Cc2ccccc2CC1CO. The maximum absolute atomic E-state index is 12.7. The number of carbonyl (C=O) groups is 1. The van der Waals surface area contributed by atoms with Crippen LogP contribution >= 0.6 is 0 Å². The third-order valence-corrected chi connectivity index (χ3v) is 4.13. The first-order valence-corrected chi connectivity index (χ1v) is 7.33. The summed E-state index contributed by atoms with van der Waals surface area (Å²) >= 11 is 0. The second-order valence-electron chi connectivity index (χ2n) is 5.55. The lowest BCUT2D eigenvalue weighted by molar-refractivity contribution is -0.384. The van der Waals surface area contributed by atoms with Gasteiger partial charge in [0.05, 0.1) is 17.6 Å². The molecule has 0 saturated carbocycles. The number of hydrogen-bond acceptors (Lipinski definition) is 4. The Hall–Kier alpha value is -2.73. The van der Waals surface area contributed by atoms with Crippen LogP contribution in [0.1, 0.15) is 21.5 Å². The summed E-state index contributed by atoms with van der Waals surface area (Å²) in [6, 6.07) is 13.2. The van der Waals surface area contributed by atoms with Crippen molar-refractivity contribution < 1.29 is 14.8 Å². The number of amides is 1. The van der Waals surface area contributed by atoms with E-state index in [1.165, 1.54) is 18.2 Å². The van der Waals surface area contributed by atoms with Gasteiger partial charge in [-0.3, -0.25) is 14.9 Å². The van der Waals surface area contributed by atoms with E-state index in [-0.39, 0.29) is 29.8 Å². The summed E-state index contributed by atoms with van der Waals surface area (Å²) in [6.07, 6.45) is 0.577. The van der Waals surface area contributed by atoms with E-state index < -0.39 is 4.92 Å². The van der Waals surface area contributed by atoms with Crippen LogP contribution in [0.4, 0.5) is 5.69 Å². The Morgan fingerprint density at radius 2 is 1.96 bits per heavy atom. The molecular weight excluding hydrogens is 296 g/mol. The van der Waals surface area contributed by atoms with Gasteiger partial charge in [-0.2, -0.15) is 0 Å². The van der Waals surface area contributed by atoms with Crippen LogP contribution in [-0.2, 0) is 13.0 Å². The van der Waals surface area contributed by atoms with Crippen LogP contribution in [0.3, 0.4) is 0 Å². The highest BCUT2D eigenvalue weighted by molar-refractivity contribution is 5.95. The van der Waals surface area contributed by atoms with Gasteiger partial charge in [0.2, 0.25) is 0 Å². The molecule has 1 unspecified atom stereocenters. The van der Waals surface area contributed by atoms with Crippen LogP contribution in [0.15, 0.2) is 48.5 Å². The molecule has 6 heteroatoms. The van der Waals surface area contributed by atoms with Gasteiger partial charge in [-0.25, -0.2) is 0 Å². The standard InChI is InChI=1S/C17H16N2O4/c20-11-16-8-12-4-1-2-5-14(12)10-18(16)17(21)13-6-3-7-15(9-13)19(22)23/h1-7,9,16,20H,8,10-11H2. The molecule has 1 N–H and O–H groups in total. The lowest BCUT2D eigenvalue weighted by Crippen LogP contribution is -2.46.